The molecule has 2 aliphatic rings. The molecule has 0 aromatic carbocycles. The zero-order chi connectivity index (χ0) is 11.9. The number of amides is 1. The van der Waals surface area contributed by atoms with Gasteiger partial charge in [0.05, 0.1) is 5.54 Å². The van der Waals surface area contributed by atoms with Crippen LogP contribution in [0.4, 0.5) is 0 Å². The first-order valence-electron chi connectivity index (χ1n) is 6.27. The van der Waals surface area contributed by atoms with Crippen LogP contribution in [0.15, 0.2) is 0 Å². The van der Waals surface area contributed by atoms with Crippen LogP contribution >= 0.6 is 0 Å². The van der Waals surface area contributed by atoms with Crippen molar-refractivity contribution >= 4 is 5.91 Å². The molecular weight excluding hydrogens is 202 g/mol. The molecule has 2 rings (SSSR count). The number of likely N-dealkylation sites (tertiary alicyclic amines) is 1. The van der Waals surface area contributed by atoms with Gasteiger partial charge in [-0.05, 0) is 38.5 Å². The Bertz CT molecular complexity index is 294. The van der Waals surface area contributed by atoms with Crippen molar-refractivity contribution < 1.29 is 4.79 Å². The average molecular weight is 225 g/mol. The number of carbonyl (C=O) groups excluding carboxylic acids is 1. The van der Waals surface area contributed by atoms with Crippen LogP contribution in [-0.4, -0.2) is 35.0 Å². The second-order valence-electron chi connectivity index (χ2n) is 5.80. The van der Waals surface area contributed by atoms with E-state index in [1.165, 1.54) is 6.42 Å². The summed E-state index contributed by atoms with van der Waals surface area (Å²) in [5.41, 5.74) is 10.7. The van der Waals surface area contributed by atoms with Gasteiger partial charge in [0.25, 0.3) is 0 Å². The Labute approximate surface area is 97.3 Å². The minimum Gasteiger partial charge on any atom is -0.368 e. The normalized spacial score (nSPS) is 45.1. The quantitative estimate of drug-likeness (QED) is 0.717. The molecule has 4 heteroatoms. The Morgan fingerprint density at radius 3 is 2.56 bits per heavy atom. The lowest BCUT2D eigenvalue weighted by molar-refractivity contribution is -0.123. The molecule has 1 heterocycles. The number of carbonyl (C=O) groups is 1. The van der Waals surface area contributed by atoms with Crippen molar-refractivity contribution in [3.63, 3.8) is 0 Å². The molecule has 0 radical (unpaired) electrons. The molecule has 92 valence electrons. The molecule has 2 fully saturated rings. The summed E-state index contributed by atoms with van der Waals surface area (Å²) in [6.45, 7) is 5.69. The molecule has 1 saturated carbocycles. The van der Waals surface area contributed by atoms with Crippen molar-refractivity contribution in [3.8, 4) is 0 Å². The van der Waals surface area contributed by atoms with Crippen LogP contribution in [0.2, 0.25) is 0 Å². The number of primary amides is 1. The number of hydrogen-bond donors (Lipinski definition) is 2. The lowest BCUT2D eigenvalue weighted by Gasteiger charge is -2.29. The van der Waals surface area contributed by atoms with Crippen LogP contribution in [0.3, 0.4) is 0 Å². The standard InChI is InChI=1S/C12H23N3O/c1-8-5-9(2)15(7-8)10-3-4-12(14,6-10)11(13)16/h8-10H,3-7,14H2,1-2H3,(H2,13,16). The van der Waals surface area contributed by atoms with Crippen LogP contribution < -0.4 is 11.5 Å². The van der Waals surface area contributed by atoms with Crippen LogP contribution in [0, 0.1) is 5.92 Å². The lowest BCUT2D eigenvalue weighted by atomic mass is 9.98. The molecular formula is C12H23N3O. The molecule has 0 aromatic rings. The van der Waals surface area contributed by atoms with Gasteiger partial charge >= 0.3 is 0 Å². The summed E-state index contributed by atoms with van der Waals surface area (Å²) in [4.78, 5) is 13.8. The van der Waals surface area contributed by atoms with Gasteiger partial charge in [0.1, 0.15) is 0 Å². The maximum absolute atomic E-state index is 11.3. The fourth-order valence-electron chi connectivity index (χ4n) is 3.40. The van der Waals surface area contributed by atoms with Crippen molar-refractivity contribution in [2.45, 2.75) is 57.2 Å². The number of hydrogen-bond acceptors (Lipinski definition) is 3. The summed E-state index contributed by atoms with van der Waals surface area (Å²) in [5, 5.41) is 0. The minimum atomic E-state index is -0.754. The molecule has 4 unspecified atom stereocenters. The molecule has 4 N–H and O–H groups in total. The number of nitrogens with two attached hydrogens (primary N) is 2. The Hall–Kier alpha value is -0.610. The molecule has 4 nitrogen and oxygen atoms in total. The fraction of sp³-hybridized carbons (Fsp3) is 0.917. The highest BCUT2D eigenvalue weighted by Crippen LogP contribution is 2.36. The van der Waals surface area contributed by atoms with Crippen molar-refractivity contribution in [2.24, 2.45) is 17.4 Å². The van der Waals surface area contributed by atoms with E-state index in [2.05, 4.69) is 18.7 Å². The van der Waals surface area contributed by atoms with Gasteiger partial charge in [-0.3, -0.25) is 9.69 Å². The summed E-state index contributed by atoms with van der Waals surface area (Å²) in [6.07, 6.45) is 3.74. The molecule has 16 heavy (non-hydrogen) atoms. The molecule has 1 aliphatic heterocycles. The van der Waals surface area contributed by atoms with E-state index in [4.69, 9.17) is 11.5 Å². The summed E-state index contributed by atoms with van der Waals surface area (Å²) >= 11 is 0. The molecule has 1 saturated heterocycles. The first-order valence-corrected chi connectivity index (χ1v) is 6.27. The Kier molecular flexibility index (Phi) is 2.97. The van der Waals surface area contributed by atoms with E-state index in [9.17, 15) is 4.79 Å². The lowest BCUT2D eigenvalue weighted by Crippen LogP contribution is -2.51. The van der Waals surface area contributed by atoms with E-state index in [0.717, 1.165) is 31.7 Å². The summed E-state index contributed by atoms with van der Waals surface area (Å²) in [5.74, 6) is 0.422. The molecule has 0 aromatic heterocycles. The zero-order valence-corrected chi connectivity index (χ0v) is 10.3. The molecule has 0 bridgehead atoms. The smallest absolute Gasteiger partial charge is 0.237 e. The van der Waals surface area contributed by atoms with Crippen LogP contribution in [0.25, 0.3) is 0 Å². The zero-order valence-electron chi connectivity index (χ0n) is 10.3. The van der Waals surface area contributed by atoms with E-state index in [0.29, 0.717) is 12.1 Å². The minimum absolute atomic E-state index is 0.338. The highest BCUT2D eigenvalue weighted by molar-refractivity contribution is 5.84. The second-order valence-corrected chi connectivity index (χ2v) is 5.80. The number of nitrogens with zero attached hydrogens (tertiary/aromatic N) is 1. The maximum Gasteiger partial charge on any atom is 0.237 e. The molecule has 1 amide bonds. The van der Waals surface area contributed by atoms with Crippen molar-refractivity contribution in [3.05, 3.63) is 0 Å². The molecule has 4 atom stereocenters. The van der Waals surface area contributed by atoms with Crippen molar-refractivity contribution in [1.29, 1.82) is 0 Å². The van der Waals surface area contributed by atoms with E-state index < -0.39 is 5.54 Å². The third-order valence-electron chi connectivity index (χ3n) is 4.32. The van der Waals surface area contributed by atoms with E-state index in [-0.39, 0.29) is 5.91 Å². The van der Waals surface area contributed by atoms with Gasteiger partial charge in [0.2, 0.25) is 5.91 Å². The van der Waals surface area contributed by atoms with E-state index >= 15 is 0 Å². The van der Waals surface area contributed by atoms with Gasteiger partial charge < -0.3 is 11.5 Å². The fourth-order valence-corrected chi connectivity index (χ4v) is 3.40. The highest BCUT2D eigenvalue weighted by Gasteiger charge is 2.44. The van der Waals surface area contributed by atoms with Crippen LogP contribution in [0.5, 0.6) is 0 Å². The van der Waals surface area contributed by atoms with Gasteiger partial charge in [-0.1, -0.05) is 6.92 Å². The van der Waals surface area contributed by atoms with Gasteiger partial charge in [-0.25, -0.2) is 0 Å². The first kappa shape index (κ1) is 11.9. The summed E-state index contributed by atoms with van der Waals surface area (Å²) in [7, 11) is 0. The first-order chi connectivity index (χ1) is 7.42. The number of rotatable bonds is 2. The molecule has 0 spiro atoms. The Morgan fingerprint density at radius 2 is 2.12 bits per heavy atom. The topological polar surface area (TPSA) is 72.3 Å². The maximum atomic E-state index is 11.3. The van der Waals surface area contributed by atoms with Crippen molar-refractivity contribution in [1.82, 2.24) is 4.90 Å². The van der Waals surface area contributed by atoms with Gasteiger partial charge in [-0.15, -0.1) is 0 Å². The van der Waals surface area contributed by atoms with E-state index in [1.54, 1.807) is 0 Å². The SMILES string of the molecule is CC1CC(C)N(C2CCC(N)(C(N)=O)C2)C1. The monoisotopic (exact) mass is 225 g/mol. The molecule has 1 aliphatic carbocycles. The van der Waals surface area contributed by atoms with Crippen molar-refractivity contribution in [2.75, 3.05) is 6.54 Å². The van der Waals surface area contributed by atoms with Gasteiger partial charge in [0.15, 0.2) is 0 Å². The van der Waals surface area contributed by atoms with Gasteiger partial charge in [0, 0.05) is 18.6 Å². The predicted molar refractivity (Wildman–Crippen MR) is 63.7 cm³/mol. The van der Waals surface area contributed by atoms with Crippen LogP contribution in [0.1, 0.15) is 39.5 Å². The summed E-state index contributed by atoms with van der Waals surface area (Å²) in [6, 6.07) is 1.08. The van der Waals surface area contributed by atoms with Gasteiger partial charge in [-0.2, -0.15) is 0 Å². The Balaban J connectivity index is 2.01. The Morgan fingerprint density at radius 1 is 1.44 bits per heavy atom. The third-order valence-corrected chi connectivity index (χ3v) is 4.32. The predicted octanol–water partition coefficient (Wildman–Crippen LogP) is 0.452. The third kappa shape index (κ3) is 1.96. The van der Waals surface area contributed by atoms with E-state index in [1.807, 2.05) is 0 Å². The second kappa shape index (κ2) is 4.00. The van der Waals surface area contributed by atoms with Crippen LogP contribution in [-0.2, 0) is 4.79 Å². The average Bonchev–Trinajstić information content (AvgIpc) is 2.71. The summed E-state index contributed by atoms with van der Waals surface area (Å²) < 4.78 is 0. The highest BCUT2D eigenvalue weighted by atomic mass is 16.1. The largest absolute Gasteiger partial charge is 0.368 e.